The Balaban J connectivity index is 0.000000315. The van der Waals surface area contributed by atoms with Crippen LogP contribution in [-0.2, 0) is 0 Å². The third kappa shape index (κ3) is 5.73. The first-order valence-electron chi connectivity index (χ1n) is 6.71. The van der Waals surface area contributed by atoms with Crippen LogP contribution in [0.25, 0.3) is 11.3 Å². The third-order valence-corrected chi connectivity index (χ3v) is 3.76. The number of alkyl halides is 1. The Morgan fingerprint density at radius 3 is 2.48 bits per heavy atom. The molecule has 2 rings (SSSR count). The second kappa shape index (κ2) is 9.37. The highest BCUT2D eigenvalue weighted by Gasteiger charge is 2.17. The molecule has 1 aromatic carbocycles. The van der Waals surface area contributed by atoms with Gasteiger partial charge in [0, 0.05) is 11.4 Å². The molecule has 21 heavy (non-hydrogen) atoms. The number of thiazole rings is 1. The summed E-state index contributed by atoms with van der Waals surface area (Å²) >= 11 is 6.36. The molecule has 0 saturated heterocycles. The second-order valence-corrected chi connectivity index (χ2v) is 5.71. The molecule has 0 amide bonds. The van der Waals surface area contributed by atoms with Crippen molar-refractivity contribution in [2.45, 2.75) is 26.2 Å². The molecule has 1 heterocycles. The van der Waals surface area contributed by atoms with E-state index in [-0.39, 0.29) is 10.0 Å². The Labute approximate surface area is 133 Å². The summed E-state index contributed by atoms with van der Waals surface area (Å²) in [5.74, 6) is -0.170. The molecule has 3 N–H and O–H groups in total. The molecule has 0 spiro atoms. The number of rotatable bonds is 5. The smallest absolute Gasteiger partial charge is 0.348 e. The first-order chi connectivity index (χ1) is 10.1. The average molecular weight is 327 g/mol. The topological polar surface area (TPSA) is 76.2 Å². The number of carbonyl (C=O) groups is 1. The highest BCUT2D eigenvalue weighted by atomic mass is 35.5. The Bertz CT molecular complexity index is 554. The van der Waals surface area contributed by atoms with E-state index in [0.717, 1.165) is 22.8 Å². The zero-order valence-electron chi connectivity index (χ0n) is 11.9. The lowest BCUT2D eigenvalue weighted by atomic mass is 10.1. The predicted molar refractivity (Wildman–Crippen MR) is 89.2 cm³/mol. The van der Waals surface area contributed by atoms with Crippen molar-refractivity contribution < 1.29 is 9.90 Å². The van der Waals surface area contributed by atoms with Crippen LogP contribution in [0.5, 0.6) is 0 Å². The SMILES string of the molecule is CCCCCCl.Nc1nc(-c2ccccc2)c(C(=O)O)s1. The molecule has 114 valence electrons. The molecule has 0 unspecified atom stereocenters. The van der Waals surface area contributed by atoms with Gasteiger partial charge >= 0.3 is 5.97 Å². The second-order valence-electron chi connectivity index (χ2n) is 4.30. The zero-order valence-corrected chi connectivity index (χ0v) is 13.5. The average Bonchev–Trinajstić information content (AvgIpc) is 2.89. The Morgan fingerprint density at radius 1 is 1.33 bits per heavy atom. The number of benzene rings is 1. The fourth-order valence-electron chi connectivity index (χ4n) is 1.62. The fourth-order valence-corrected chi connectivity index (χ4v) is 2.50. The molecular weight excluding hydrogens is 308 g/mol. The van der Waals surface area contributed by atoms with Crippen LogP contribution in [0.15, 0.2) is 30.3 Å². The lowest BCUT2D eigenvalue weighted by Crippen LogP contribution is -1.95. The first-order valence-corrected chi connectivity index (χ1v) is 8.06. The van der Waals surface area contributed by atoms with Crippen molar-refractivity contribution in [3.8, 4) is 11.3 Å². The number of aromatic nitrogens is 1. The molecule has 4 nitrogen and oxygen atoms in total. The van der Waals surface area contributed by atoms with E-state index in [0.29, 0.717) is 5.69 Å². The molecule has 2 aromatic rings. The van der Waals surface area contributed by atoms with Gasteiger partial charge in [0.15, 0.2) is 5.13 Å². The Morgan fingerprint density at radius 2 is 2.00 bits per heavy atom. The summed E-state index contributed by atoms with van der Waals surface area (Å²) in [6.45, 7) is 2.17. The summed E-state index contributed by atoms with van der Waals surface area (Å²) in [7, 11) is 0. The molecule has 0 atom stereocenters. The molecular formula is C15H19ClN2O2S. The molecule has 0 saturated carbocycles. The highest BCUT2D eigenvalue weighted by Crippen LogP contribution is 2.29. The maximum Gasteiger partial charge on any atom is 0.348 e. The fraction of sp³-hybridized carbons (Fsp3) is 0.333. The molecule has 1 aromatic heterocycles. The van der Waals surface area contributed by atoms with E-state index in [4.69, 9.17) is 22.4 Å². The van der Waals surface area contributed by atoms with E-state index in [1.165, 1.54) is 19.3 Å². The van der Waals surface area contributed by atoms with Gasteiger partial charge in [0.25, 0.3) is 0 Å². The molecule has 6 heteroatoms. The van der Waals surface area contributed by atoms with E-state index in [9.17, 15) is 4.79 Å². The van der Waals surface area contributed by atoms with Gasteiger partial charge in [0.05, 0.1) is 5.69 Å². The summed E-state index contributed by atoms with van der Waals surface area (Å²) in [5.41, 5.74) is 6.70. The van der Waals surface area contributed by atoms with Crippen LogP contribution < -0.4 is 5.73 Å². The molecule has 0 aliphatic carbocycles. The number of aromatic carboxylic acids is 1. The van der Waals surface area contributed by atoms with Crippen LogP contribution in [-0.4, -0.2) is 21.9 Å². The van der Waals surface area contributed by atoms with Crippen molar-refractivity contribution in [3.05, 3.63) is 35.2 Å². The summed E-state index contributed by atoms with van der Waals surface area (Å²) in [5, 5.41) is 9.22. The van der Waals surface area contributed by atoms with E-state index in [1.54, 1.807) is 12.1 Å². The quantitative estimate of drug-likeness (QED) is 0.626. The van der Waals surface area contributed by atoms with Crippen LogP contribution >= 0.6 is 22.9 Å². The van der Waals surface area contributed by atoms with E-state index < -0.39 is 5.97 Å². The minimum absolute atomic E-state index is 0.179. The largest absolute Gasteiger partial charge is 0.477 e. The normalized spacial score (nSPS) is 9.81. The van der Waals surface area contributed by atoms with Crippen molar-refractivity contribution in [1.82, 2.24) is 4.98 Å². The number of nitrogens with zero attached hydrogens (tertiary/aromatic N) is 1. The minimum atomic E-state index is -0.997. The van der Waals surface area contributed by atoms with E-state index in [1.807, 2.05) is 18.2 Å². The number of carboxylic acids is 1. The summed E-state index contributed by atoms with van der Waals surface area (Å²) in [6, 6.07) is 9.13. The number of hydrogen-bond acceptors (Lipinski definition) is 4. The first kappa shape index (κ1) is 17.5. The van der Waals surface area contributed by atoms with Gasteiger partial charge < -0.3 is 10.8 Å². The lowest BCUT2D eigenvalue weighted by Gasteiger charge is -1.97. The van der Waals surface area contributed by atoms with Crippen molar-refractivity contribution in [1.29, 1.82) is 0 Å². The van der Waals surface area contributed by atoms with Gasteiger partial charge in [0.1, 0.15) is 4.88 Å². The summed E-state index contributed by atoms with van der Waals surface area (Å²) < 4.78 is 0. The molecule has 0 bridgehead atoms. The van der Waals surface area contributed by atoms with Gasteiger partial charge in [-0.15, -0.1) is 11.6 Å². The van der Waals surface area contributed by atoms with Crippen molar-refractivity contribution in [2.75, 3.05) is 11.6 Å². The van der Waals surface area contributed by atoms with Crippen molar-refractivity contribution >= 4 is 34.0 Å². The molecule has 0 fully saturated rings. The van der Waals surface area contributed by atoms with Crippen LogP contribution in [0.1, 0.15) is 35.9 Å². The standard InChI is InChI=1S/C10H8N2O2S.C5H11Cl/c11-10-12-7(8(15-10)9(13)14)6-4-2-1-3-5-6;1-2-3-4-5-6/h1-5H,(H2,11,12)(H,13,14);2-5H2,1H3. The number of carboxylic acid groups (broad SMARTS) is 1. The zero-order chi connectivity index (χ0) is 15.7. The van der Waals surface area contributed by atoms with Gasteiger partial charge in [-0.25, -0.2) is 9.78 Å². The van der Waals surface area contributed by atoms with E-state index in [2.05, 4.69) is 11.9 Å². The minimum Gasteiger partial charge on any atom is -0.477 e. The monoisotopic (exact) mass is 326 g/mol. The number of unbranched alkanes of at least 4 members (excludes halogenated alkanes) is 2. The summed E-state index contributed by atoms with van der Waals surface area (Å²) in [4.78, 5) is 15.1. The van der Waals surface area contributed by atoms with Crippen molar-refractivity contribution in [3.63, 3.8) is 0 Å². The van der Waals surface area contributed by atoms with E-state index >= 15 is 0 Å². The van der Waals surface area contributed by atoms with Crippen molar-refractivity contribution in [2.24, 2.45) is 0 Å². The predicted octanol–water partition coefficient (Wildman–Crippen LogP) is 4.51. The number of halogens is 1. The molecule has 0 radical (unpaired) electrons. The maximum atomic E-state index is 10.9. The molecule has 0 aliphatic heterocycles. The van der Waals surface area contributed by atoms with Gasteiger partial charge in [-0.3, -0.25) is 0 Å². The van der Waals surface area contributed by atoms with Crippen LogP contribution in [0.4, 0.5) is 5.13 Å². The number of anilines is 1. The van der Waals surface area contributed by atoms with Crippen LogP contribution in [0.2, 0.25) is 0 Å². The Hall–Kier alpha value is -1.59. The van der Waals surface area contributed by atoms with Gasteiger partial charge in [-0.2, -0.15) is 0 Å². The number of nitrogens with two attached hydrogens (primary N) is 1. The van der Waals surface area contributed by atoms with Gasteiger partial charge in [-0.05, 0) is 6.42 Å². The maximum absolute atomic E-state index is 10.9. The van der Waals surface area contributed by atoms with Gasteiger partial charge in [-0.1, -0.05) is 61.4 Å². The van der Waals surface area contributed by atoms with Crippen LogP contribution in [0.3, 0.4) is 0 Å². The highest BCUT2D eigenvalue weighted by molar-refractivity contribution is 7.17. The Kier molecular flexibility index (Phi) is 7.79. The summed E-state index contributed by atoms with van der Waals surface area (Å²) in [6.07, 6.45) is 3.73. The van der Waals surface area contributed by atoms with Gasteiger partial charge in [0.2, 0.25) is 0 Å². The third-order valence-electron chi connectivity index (χ3n) is 2.62. The lowest BCUT2D eigenvalue weighted by molar-refractivity contribution is 0.0702. The van der Waals surface area contributed by atoms with Crippen LogP contribution in [0, 0.1) is 0 Å². The molecule has 0 aliphatic rings. The number of nitrogen functional groups attached to an aromatic ring is 1. The number of hydrogen-bond donors (Lipinski definition) is 2.